The third-order valence-corrected chi connectivity index (χ3v) is 6.72. The van der Waals surface area contributed by atoms with Crippen molar-refractivity contribution in [1.82, 2.24) is 0 Å². The molecule has 1 saturated carbocycles. The van der Waals surface area contributed by atoms with Crippen molar-refractivity contribution < 1.29 is 24.5 Å². The molecule has 0 aromatic heterocycles. The number of carbonyl (C=O) groups is 2. The van der Waals surface area contributed by atoms with Crippen LogP contribution in [0, 0.1) is 5.92 Å². The fourth-order valence-corrected chi connectivity index (χ4v) is 4.90. The maximum atomic E-state index is 13.0. The van der Waals surface area contributed by atoms with Crippen molar-refractivity contribution in [2.75, 3.05) is 6.61 Å². The Balaban J connectivity index is 1.39. The lowest BCUT2D eigenvalue weighted by molar-refractivity contribution is 0.0965. The maximum absolute atomic E-state index is 13.0. The molecule has 0 saturated heterocycles. The van der Waals surface area contributed by atoms with Gasteiger partial charge in [0.05, 0.1) is 17.7 Å². The molecule has 5 nitrogen and oxygen atoms in total. The molecule has 0 radical (unpaired) electrons. The average molecular weight is 435 g/mol. The van der Waals surface area contributed by atoms with Gasteiger partial charge in [0.1, 0.15) is 17.2 Å². The summed E-state index contributed by atoms with van der Waals surface area (Å²) in [5, 5.41) is 20.2. The topological polar surface area (TPSA) is 83.8 Å². The summed E-state index contributed by atoms with van der Waals surface area (Å²) in [6.07, 6.45) is 8.26. The molecule has 1 fully saturated rings. The molecule has 0 atom stereocenters. The SMILES string of the molecule is CCCCCOc1ccc([C@H]2CC[C@H](C3=CC(=O)c4c(O)ccc(O)c4C3=O)CC2)cc1. The van der Waals surface area contributed by atoms with Crippen LogP contribution in [0.1, 0.15) is 84.1 Å². The van der Waals surface area contributed by atoms with Crippen LogP contribution in [0.3, 0.4) is 0 Å². The monoisotopic (exact) mass is 434 g/mol. The Labute approximate surface area is 188 Å². The number of Topliss-reactive ketones (excluding diaryl/α,β-unsaturated/α-hetero) is 1. The van der Waals surface area contributed by atoms with Crippen molar-refractivity contribution >= 4 is 11.6 Å². The van der Waals surface area contributed by atoms with Crippen molar-refractivity contribution in [3.63, 3.8) is 0 Å². The van der Waals surface area contributed by atoms with Crippen molar-refractivity contribution in [2.45, 2.75) is 57.8 Å². The van der Waals surface area contributed by atoms with E-state index in [0.29, 0.717) is 11.5 Å². The molecule has 0 spiro atoms. The van der Waals surface area contributed by atoms with E-state index in [-0.39, 0.29) is 34.3 Å². The van der Waals surface area contributed by atoms with Gasteiger partial charge in [-0.15, -0.1) is 0 Å². The second kappa shape index (κ2) is 9.60. The second-order valence-corrected chi connectivity index (χ2v) is 8.82. The molecule has 2 N–H and O–H groups in total. The number of rotatable bonds is 7. The Hall–Kier alpha value is -3.08. The molecule has 0 heterocycles. The zero-order chi connectivity index (χ0) is 22.7. The van der Waals surface area contributed by atoms with E-state index in [9.17, 15) is 19.8 Å². The first-order chi connectivity index (χ1) is 15.5. The average Bonchev–Trinajstić information content (AvgIpc) is 2.81. The van der Waals surface area contributed by atoms with Gasteiger partial charge >= 0.3 is 0 Å². The van der Waals surface area contributed by atoms with Gasteiger partial charge in [0, 0.05) is 5.57 Å². The van der Waals surface area contributed by atoms with Gasteiger partial charge in [0.2, 0.25) is 0 Å². The molecule has 2 aromatic rings. The summed E-state index contributed by atoms with van der Waals surface area (Å²) < 4.78 is 5.80. The van der Waals surface area contributed by atoms with Crippen LogP contribution in [0.15, 0.2) is 48.0 Å². The summed E-state index contributed by atoms with van der Waals surface area (Å²) in [4.78, 5) is 25.6. The molecule has 5 heteroatoms. The van der Waals surface area contributed by atoms with Gasteiger partial charge in [-0.3, -0.25) is 9.59 Å². The van der Waals surface area contributed by atoms with Crippen molar-refractivity contribution in [2.24, 2.45) is 5.92 Å². The molecule has 0 unspecified atom stereocenters. The molecular formula is C27H30O5. The number of hydrogen-bond donors (Lipinski definition) is 2. The van der Waals surface area contributed by atoms with Crippen molar-refractivity contribution in [3.05, 3.63) is 64.7 Å². The number of hydrogen-bond acceptors (Lipinski definition) is 5. The zero-order valence-electron chi connectivity index (χ0n) is 18.5. The van der Waals surface area contributed by atoms with Crippen LogP contribution in [-0.2, 0) is 0 Å². The number of unbranched alkanes of at least 4 members (excludes halogenated alkanes) is 2. The Morgan fingerprint density at radius 1 is 0.844 bits per heavy atom. The van der Waals surface area contributed by atoms with E-state index < -0.39 is 5.78 Å². The maximum Gasteiger partial charge on any atom is 0.194 e. The summed E-state index contributed by atoms with van der Waals surface area (Å²) in [5.41, 5.74) is 1.57. The van der Waals surface area contributed by atoms with Crippen LogP contribution >= 0.6 is 0 Å². The summed E-state index contributed by atoms with van der Waals surface area (Å²) in [5.74, 6) is 0.0108. The molecule has 0 amide bonds. The molecule has 0 aliphatic heterocycles. The number of ether oxygens (including phenoxy) is 1. The van der Waals surface area contributed by atoms with Gasteiger partial charge in [-0.2, -0.15) is 0 Å². The number of aromatic hydroxyl groups is 2. The number of phenols is 2. The van der Waals surface area contributed by atoms with Crippen LogP contribution in [0.2, 0.25) is 0 Å². The largest absolute Gasteiger partial charge is 0.507 e. The second-order valence-electron chi connectivity index (χ2n) is 8.82. The lowest BCUT2D eigenvalue weighted by atomic mass is 9.72. The van der Waals surface area contributed by atoms with Crippen molar-refractivity contribution in [3.8, 4) is 17.2 Å². The molecule has 2 aliphatic carbocycles. The number of benzene rings is 2. The van der Waals surface area contributed by atoms with E-state index in [1.807, 2.05) is 12.1 Å². The third-order valence-electron chi connectivity index (χ3n) is 6.72. The van der Waals surface area contributed by atoms with Crippen LogP contribution in [0.5, 0.6) is 17.2 Å². The van der Waals surface area contributed by atoms with Gasteiger partial charge < -0.3 is 14.9 Å². The fraction of sp³-hybridized carbons (Fsp3) is 0.407. The van der Waals surface area contributed by atoms with E-state index in [2.05, 4.69) is 19.1 Å². The Bertz CT molecular complexity index is 1030. The molecule has 4 rings (SSSR count). The highest BCUT2D eigenvalue weighted by molar-refractivity contribution is 6.26. The van der Waals surface area contributed by atoms with E-state index >= 15 is 0 Å². The van der Waals surface area contributed by atoms with Gasteiger partial charge in [0.15, 0.2) is 11.6 Å². The molecule has 32 heavy (non-hydrogen) atoms. The van der Waals surface area contributed by atoms with Crippen LogP contribution in [0.4, 0.5) is 0 Å². The lowest BCUT2D eigenvalue weighted by Gasteiger charge is -2.31. The highest BCUT2D eigenvalue weighted by Gasteiger charge is 2.36. The highest BCUT2D eigenvalue weighted by atomic mass is 16.5. The first kappa shape index (κ1) is 22.1. The van der Waals surface area contributed by atoms with Gasteiger partial charge in [-0.25, -0.2) is 0 Å². The lowest BCUT2D eigenvalue weighted by Crippen LogP contribution is -2.25. The minimum absolute atomic E-state index is 0.0150. The summed E-state index contributed by atoms with van der Waals surface area (Å²) >= 11 is 0. The summed E-state index contributed by atoms with van der Waals surface area (Å²) in [6, 6.07) is 10.8. The fourth-order valence-electron chi connectivity index (χ4n) is 4.90. The first-order valence-corrected chi connectivity index (χ1v) is 11.6. The van der Waals surface area contributed by atoms with E-state index in [1.165, 1.54) is 36.6 Å². The predicted molar refractivity (Wildman–Crippen MR) is 123 cm³/mol. The van der Waals surface area contributed by atoms with E-state index in [4.69, 9.17) is 4.74 Å². The van der Waals surface area contributed by atoms with E-state index in [1.54, 1.807) is 0 Å². The standard InChI is InChI=1S/C27H30O5/c1-2-3-4-15-32-20-11-9-18(10-12-20)17-5-7-19(8-6-17)21-16-24(30)25-22(28)13-14-23(29)26(25)27(21)31/h9-14,16-17,19,28-29H,2-8,15H2,1H3/t17-,19-. The quantitative estimate of drug-likeness (QED) is 0.416. The van der Waals surface area contributed by atoms with E-state index in [0.717, 1.165) is 44.5 Å². The van der Waals surface area contributed by atoms with Gasteiger partial charge in [-0.05, 0) is 79.8 Å². The summed E-state index contributed by atoms with van der Waals surface area (Å²) in [7, 11) is 0. The Morgan fingerprint density at radius 3 is 2.12 bits per heavy atom. The van der Waals surface area contributed by atoms with Crippen LogP contribution in [-0.4, -0.2) is 28.4 Å². The number of allylic oxidation sites excluding steroid dienone is 2. The van der Waals surface area contributed by atoms with Gasteiger partial charge in [0.25, 0.3) is 0 Å². The van der Waals surface area contributed by atoms with Gasteiger partial charge in [-0.1, -0.05) is 31.9 Å². The number of fused-ring (bicyclic) bond motifs is 1. The molecule has 0 bridgehead atoms. The smallest absolute Gasteiger partial charge is 0.194 e. The first-order valence-electron chi connectivity index (χ1n) is 11.6. The summed E-state index contributed by atoms with van der Waals surface area (Å²) in [6.45, 7) is 2.92. The molecule has 2 aromatic carbocycles. The minimum atomic E-state index is -0.417. The van der Waals surface area contributed by atoms with Crippen LogP contribution < -0.4 is 4.74 Å². The van der Waals surface area contributed by atoms with Crippen molar-refractivity contribution in [1.29, 1.82) is 0 Å². The number of phenolic OH excluding ortho intramolecular Hbond substituents is 2. The number of ketones is 2. The normalized spacial score (nSPS) is 20.6. The molecule has 168 valence electrons. The zero-order valence-corrected chi connectivity index (χ0v) is 18.5. The third kappa shape index (κ3) is 4.43. The highest BCUT2D eigenvalue weighted by Crippen LogP contribution is 2.43. The predicted octanol–water partition coefficient (Wildman–Crippen LogP) is 5.95. The Morgan fingerprint density at radius 2 is 1.47 bits per heavy atom. The number of carbonyl (C=O) groups excluding carboxylic acids is 2. The molecule has 2 aliphatic rings. The molecular weight excluding hydrogens is 404 g/mol. The Kier molecular flexibility index (Phi) is 6.63. The van der Waals surface area contributed by atoms with Crippen LogP contribution in [0.25, 0.3) is 0 Å². The minimum Gasteiger partial charge on any atom is -0.507 e.